The largest absolute Gasteiger partial charge is 0.382 e. The summed E-state index contributed by atoms with van der Waals surface area (Å²) in [4.78, 5) is 10.7. The van der Waals surface area contributed by atoms with E-state index >= 15 is 0 Å². The molecule has 0 aliphatic carbocycles. The third kappa shape index (κ3) is 5.61. The van der Waals surface area contributed by atoms with Gasteiger partial charge in [0.05, 0.1) is 5.60 Å². The van der Waals surface area contributed by atoms with Crippen LogP contribution in [-0.4, -0.2) is 24.8 Å². The summed E-state index contributed by atoms with van der Waals surface area (Å²) in [5.41, 5.74) is 6.57. The normalized spacial score (nSPS) is 12.8. The summed E-state index contributed by atoms with van der Waals surface area (Å²) < 4.78 is 5.41. The maximum atomic E-state index is 10.7. The molecule has 0 aromatic heterocycles. The molecule has 0 radical (unpaired) electrons. The van der Waals surface area contributed by atoms with E-state index in [4.69, 9.17) is 10.5 Å². The highest BCUT2D eigenvalue weighted by Gasteiger charge is 2.19. The number of benzene rings is 1. The zero-order valence-electron chi connectivity index (χ0n) is 12.0. The number of rotatable bonds is 6. The Morgan fingerprint density at radius 1 is 1.32 bits per heavy atom. The number of carbonyl (C=O) groups is 1. The molecule has 1 atom stereocenters. The van der Waals surface area contributed by atoms with Gasteiger partial charge in [-0.05, 0) is 51.5 Å². The van der Waals surface area contributed by atoms with Crippen LogP contribution in [0.2, 0.25) is 0 Å². The number of primary amides is 1. The van der Waals surface area contributed by atoms with Crippen molar-refractivity contribution < 1.29 is 9.53 Å². The van der Waals surface area contributed by atoms with Crippen LogP contribution in [0, 0.1) is 0 Å². The SMILES string of the molecule is COC(C)(C)CC(C)Nc1ccc(NC(N)=O)cc1. The summed E-state index contributed by atoms with van der Waals surface area (Å²) in [5, 5.41) is 5.91. The Morgan fingerprint density at radius 3 is 2.32 bits per heavy atom. The van der Waals surface area contributed by atoms with Gasteiger partial charge in [-0.1, -0.05) is 0 Å². The van der Waals surface area contributed by atoms with Crippen molar-refractivity contribution in [2.45, 2.75) is 38.8 Å². The fourth-order valence-corrected chi connectivity index (χ4v) is 1.95. The quantitative estimate of drug-likeness (QED) is 0.740. The number of amides is 2. The van der Waals surface area contributed by atoms with Crippen molar-refractivity contribution >= 4 is 17.4 Å². The van der Waals surface area contributed by atoms with E-state index in [1.165, 1.54) is 0 Å². The fourth-order valence-electron chi connectivity index (χ4n) is 1.95. The number of anilines is 2. The van der Waals surface area contributed by atoms with Crippen molar-refractivity contribution in [3.8, 4) is 0 Å². The monoisotopic (exact) mass is 265 g/mol. The maximum Gasteiger partial charge on any atom is 0.316 e. The molecule has 0 bridgehead atoms. The Balaban J connectivity index is 2.55. The van der Waals surface area contributed by atoms with Gasteiger partial charge in [-0.15, -0.1) is 0 Å². The van der Waals surface area contributed by atoms with Gasteiger partial charge < -0.3 is 21.1 Å². The molecule has 0 heterocycles. The maximum absolute atomic E-state index is 10.7. The Bertz CT molecular complexity index is 415. The lowest BCUT2D eigenvalue weighted by Gasteiger charge is -2.27. The van der Waals surface area contributed by atoms with E-state index in [1.807, 2.05) is 12.1 Å². The fraction of sp³-hybridized carbons (Fsp3) is 0.500. The van der Waals surface area contributed by atoms with Crippen LogP contribution < -0.4 is 16.4 Å². The molecule has 106 valence electrons. The minimum atomic E-state index is -0.559. The van der Waals surface area contributed by atoms with Crippen LogP contribution >= 0.6 is 0 Å². The lowest BCUT2D eigenvalue weighted by molar-refractivity contribution is 0.0128. The Labute approximate surface area is 114 Å². The molecule has 0 aliphatic rings. The smallest absolute Gasteiger partial charge is 0.316 e. The molecule has 5 heteroatoms. The van der Waals surface area contributed by atoms with Crippen LogP contribution in [0.1, 0.15) is 27.2 Å². The molecule has 1 rings (SSSR count). The van der Waals surface area contributed by atoms with Gasteiger partial charge in [0.25, 0.3) is 0 Å². The lowest BCUT2D eigenvalue weighted by atomic mass is 10.00. The predicted molar refractivity (Wildman–Crippen MR) is 78.4 cm³/mol. The van der Waals surface area contributed by atoms with Crippen molar-refractivity contribution in [3.63, 3.8) is 0 Å². The van der Waals surface area contributed by atoms with Gasteiger partial charge in [-0.25, -0.2) is 4.79 Å². The number of nitrogens with two attached hydrogens (primary N) is 1. The summed E-state index contributed by atoms with van der Waals surface area (Å²) >= 11 is 0. The Morgan fingerprint density at radius 2 is 1.84 bits per heavy atom. The number of nitrogens with one attached hydrogen (secondary N) is 2. The minimum absolute atomic E-state index is 0.153. The van der Waals surface area contributed by atoms with E-state index in [1.54, 1.807) is 19.2 Å². The molecule has 4 N–H and O–H groups in total. The van der Waals surface area contributed by atoms with Crippen molar-refractivity contribution in [3.05, 3.63) is 24.3 Å². The molecule has 1 unspecified atom stereocenters. The van der Waals surface area contributed by atoms with Crippen LogP contribution in [0.15, 0.2) is 24.3 Å². The van der Waals surface area contributed by atoms with Gasteiger partial charge in [0.15, 0.2) is 0 Å². The number of hydrogen-bond donors (Lipinski definition) is 3. The minimum Gasteiger partial charge on any atom is -0.382 e. The van der Waals surface area contributed by atoms with Gasteiger partial charge in [0, 0.05) is 24.5 Å². The molecule has 0 aliphatic heterocycles. The molecule has 1 aromatic carbocycles. The Kier molecular flexibility index (Phi) is 5.18. The predicted octanol–water partition coefficient (Wildman–Crippen LogP) is 2.79. The van der Waals surface area contributed by atoms with Crippen LogP contribution in [-0.2, 0) is 4.74 Å². The van der Waals surface area contributed by atoms with Crippen molar-refractivity contribution in [2.75, 3.05) is 17.7 Å². The van der Waals surface area contributed by atoms with Gasteiger partial charge in [0.2, 0.25) is 0 Å². The lowest BCUT2D eigenvalue weighted by Crippen LogP contribution is -2.31. The molecule has 0 saturated heterocycles. The van der Waals surface area contributed by atoms with Crippen molar-refractivity contribution in [2.24, 2.45) is 5.73 Å². The van der Waals surface area contributed by atoms with Crippen LogP contribution in [0.5, 0.6) is 0 Å². The summed E-state index contributed by atoms with van der Waals surface area (Å²) in [5.74, 6) is 0. The molecule has 19 heavy (non-hydrogen) atoms. The zero-order chi connectivity index (χ0) is 14.5. The molecule has 0 fully saturated rings. The first-order valence-corrected chi connectivity index (χ1v) is 6.30. The molecule has 0 spiro atoms. The zero-order valence-corrected chi connectivity index (χ0v) is 12.0. The van der Waals surface area contributed by atoms with E-state index in [0.29, 0.717) is 5.69 Å². The first kappa shape index (κ1) is 15.3. The van der Waals surface area contributed by atoms with Crippen LogP contribution in [0.4, 0.5) is 16.2 Å². The van der Waals surface area contributed by atoms with Crippen molar-refractivity contribution in [1.29, 1.82) is 0 Å². The van der Waals surface area contributed by atoms with Gasteiger partial charge in [-0.3, -0.25) is 0 Å². The average molecular weight is 265 g/mol. The first-order chi connectivity index (χ1) is 8.82. The molecule has 5 nitrogen and oxygen atoms in total. The van der Waals surface area contributed by atoms with Gasteiger partial charge in [0.1, 0.15) is 0 Å². The number of hydrogen-bond acceptors (Lipinski definition) is 3. The second-order valence-corrected chi connectivity index (χ2v) is 5.28. The summed E-state index contributed by atoms with van der Waals surface area (Å²) in [6, 6.07) is 7.15. The molecule has 2 amide bonds. The second-order valence-electron chi connectivity index (χ2n) is 5.28. The average Bonchev–Trinajstić information content (AvgIpc) is 2.30. The van der Waals surface area contributed by atoms with Crippen LogP contribution in [0.25, 0.3) is 0 Å². The Hall–Kier alpha value is -1.75. The summed E-state index contributed by atoms with van der Waals surface area (Å²) in [7, 11) is 1.72. The topological polar surface area (TPSA) is 76.4 Å². The van der Waals surface area contributed by atoms with E-state index < -0.39 is 6.03 Å². The highest BCUT2D eigenvalue weighted by molar-refractivity contribution is 5.87. The number of ether oxygens (including phenoxy) is 1. The third-order valence-corrected chi connectivity index (χ3v) is 2.92. The first-order valence-electron chi connectivity index (χ1n) is 6.30. The summed E-state index contributed by atoms with van der Waals surface area (Å²) in [6.45, 7) is 6.23. The highest BCUT2D eigenvalue weighted by atomic mass is 16.5. The molecular formula is C14H23N3O2. The molecular weight excluding hydrogens is 242 g/mol. The number of carbonyl (C=O) groups excluding carboxylic acids is 1. The third-order valence-electron chi connectivity index (χ3n) is 2.92. The van der Waals surface area contributed by atoms with Crippen molar-refractivity contribution in [1.82, 2.24) is 0 Å². The summed E-state index contributed by atoms with van der Waals surface area (Å²) in [6.07, 6.45) is 0.894. The molecule has 1 aromatic rings. The standard InChI is InChI=1S/C14H23N3O2/c1-10(9-14(2,3)19-4)16-11-5-7-12(8-6-11)17-13(15)18/h5-8,10,16H,9H2,1-4H3,(H3,15,17,18). The van der Waals surface area contributed by atoms with E-state index in [9.17, 15) is 4.79 Å². The van der Waals surface area contributed by atoms with E-state index in [0.717, 1.165) is 12.1 Å². The molecule has 0 saturated carbocycles. The van der Waals surface area contributed by atoms with Gasteiger partial charge in [-0.2, -0.15) is 0 Å². The van der Waals surface area contributed by atoms with Crippen LogP contribution in [0.3, 0.4) is 0 Å². The van der Waals surface area contributed by atoms with E-state index in [2.05, 4.69) is 31.4 Å². The highest BCUT2D eigenvalue weighted by Crippen LogP contribution is 2.19. The number of urea groups is 1. The van der Waals surface area contributed by atoms with E-state index in [-0.39, 0.29) is 11.6 Å². The van der Waals surface area contributed by atoms with Gasteiger partial charge >= 0.3 is 6.03 Å². The second kappa shape index (κ2) is 6.43. The number of methoxy groups -OCH3 is 1.